The van der Waals surface area contributed by atoms with Gasteiger partial charge < -0.3 is 15.3 Å². The predicted octanol–water partition coefficient (Wildman–Crippen LogP) is 1.49. The monoisotopic (exact) mass is 264 g/mol. The molecule has 0 spiro atoms. The van der Waals surface area contributed by atoms with E-state index in [4.69, 9.17) is 5.11 Å². The van der Waals surface area contributed by atoms with Gasteiger partial charge in [-0.3, -0.25) is 9.59 Å². The maximum Gasteiger partial charge on any atom is 0.254 e. The van der Waals surface area contributed by atoms with Gasteiger partial charge in [-0.2, -0.15) is 0 Å². The van der Waals surface area contributed by atoms with Crippen LogP contribution in [0.25, 0.3) is 0 Å². The summed E-state index contributed by atoms with van der Waals surface area (Å²) >= 11 is 0. The number of carbonyl (C=O) groups is 2. The van der Waals surface area contributed by atoms with Gasteiger partial charge in [-0.1, -0.05) is 6.07 Å². The first kappa shape index (κ1) is 15.2. The van der Waals surface area contributed by atoms with Crippen LogP contribution in [0.3, 0.4) is 0 Å². The summed E-state index contributed by atoms with van der Waals surface area (Å²) in [4.78, 5) is 24.9. The molecule has 0 fully saturated rings. The number of nitrogens with one attached hydrogen (secondary N) is 1. The Bertz CT molecular complexity index is 458. The summed E-state index contributed by atoms with van der Waals surface area (Å²) in [5.41, 5.74) is 1.08. The SMILES string of the molecule is CC(=O)Nc1cccc(C(=O)N(CCO)C(C)C)c1. The molecule has 104 valence electrons. The molecule has 5 heteroatoms. The second-order valence-corrected chi connectivity index (χ2v) is 4.58. The van der Waals surface area contributed by atoms with E-state index >= 15 is 0 Å². The topological polar surface area (TPSA) is 69.6 Å². The summed E-state index contributed by atoms with van der Waals surface area (Å²) in [6, 6.07) is 6.78. The van der Waals surface area contributed by atoms with Gasteiger partial charge in [0.2, 0.25) is 5.91 Å². The first-order valence-corrected chi connectivity index (χ1v) is 6.25. The number of aliphatic hydroxyl groups excluding tert-OH is 1. The molecule has 1 aromatic rings. The summed E-state index contributed by atoms with van der Waals surface area (Å²) in [6.07, 6.45) is 0. The van der Waals surface area contributed by atoms with Gasteiger partial charge in [0, 0.05) is 30.8 Å². The molecule has 0 aliphatic heterocycles. The van der Waals surface area contributed by atoms with Crippen molar-refractivity contribution >= 4 is 17.5 Å². The van der Waals surface area contributed by atoms with E-state index in [2.05, 4.69) is 5.32 Å². The van der Waals surface area contributed by atoms with Crippen LogP contribution in [0.15, 0.2) is 24.3 Å². The lowest BCUT2D eigenvalue weighted by molar-refractivity contribution is -0.114. The van der Waals surface area contributed by atoms with Crippen LogP contribution in [0.4, 0.5) is 5.69 Å². The molecule has 5 nitrogen and oxygen atoms in total. The summed E-state index contributed by atoms with van der Waals surface area (Å²) in [5, 5.41) is 11.6. The van der Waals surface area contributed by atoms with Gasteiger partial charge in [0.25, 0.3) is 5.91 Å². The van der Waals surface area contributed by atoms with Gasteiger partial charge in [-0.25, -0.2) is 0 Å². The number of hydrogen-bond donors (Lipinski definition) is 2. The molecular formula is C14H20N2O3. The highest BCUT2D eigenvalue weighted by molar-refractivity contribution is 5.97. The standard InChI is InChI=1S/C14H20N2O3/c1-10(2)16(7-8-17)14(19)12-5-4-6-13(9-12)15-11(3)18/h4-6,9-10,17H,7-8H2,1-3H3,(H,15,18). The summed E-state index contributed by atoms with van der Waals surface area (Å²) in [7, 11) is 0. The van der Waals surface area contributed by atoms with Gasteiger partial charge in [0.15, 0.2) is 0 Å². The molecule has 19 heavy (non-hydrogen) atoms. The molecule has 0 aromatic heterocycles. The van der Waals surface area contributed by atoms with Crippen LogP contribution in [0.5, 0.6) is 0 Å². The number of aliphatic hydroxyl groups is 1. The van der Waals surface area contributed by atoms with Gasteiger partial charge in [0.1, 0.15) is 0 Å². The third-order valence-electron chi connectivity index (χ3n) is 2.66. The van der Waals surface area contributed by atoms with E-state index < -0.39 is 0 Å². The molecule has 0 bridgehead atoms. The van der Waals surface area contributed by atoms with Crippen molar-refractivity contribution in [3.05, 3.63) is 29.8 Å². The largest absolute Gasteiger partial charge is 0.395 e. The molecule has 2 amide bonds. The molecular weight excluding hydrogens is 244 g/mol. The minimum absolute atomic E-state index is 0.00377. The number of benzene rings is 1. The Hall–Kier alpha value is -1.88. The third-order valence-corrected chi connectivity index (χ3v) is 2.66. The minimum Gasteiger partial charge on any atom is -0.395 e. The zero-order chi connectivity index (χ0) is 14.4. The average Bonchev–Trinajstić information content (AvgIpc) is 2.34. The third kappa shape index (κ3) is 4.37. The summed E-state index contributed by atoms with van der Waals surface area (Å²) in [6.45, 7) is 5.42. The molecule has 1 aromatic carbocycles. The summed E-state index contributed by atoms with van der Waals surface area (Å²) < 4.78 is 0. The molecule has 0 aliphatic carbocycles. The van der Waals surface area contributed by atoms with Gasteiger partial charge in [0.05, 0.1) is 6.61 Å². The Labute approximate surface area is 113 Å². The van der Waals surface area contributed by atoms with Crippen LogP contribution in [0.2, 0.25) is 0 Å². The van der Waals surface area contributed by atoms with E-state index in [1.807, 2.05) is 13.8 Å². The first-order valence-electron chi connectivity index (χ1n) is 6.25. The maximum atomic E-state index is 12.3. The van der Waals surface area contributed by atoms with Crippen LogP contribution in [-0.2, 0) is 4.79 Å². The Morgan fingerprint density at radius 2 is 2.05 bits per heavy atom. The second-order valence-electron chi connectivity index (χ2n) is 4.58. The minimum atomic E-state index is -0.180. The highest BCUT2D eigenvalue weighted by Gasteiger charge is 2.18. The fourth-order valence-corrected chi connectivity index (χ4v) is 1.80. The van der Waals surface area contributed by atoms with Crippen molar-refractivity contribution in [2.75, 3.05) is 18.5 Å². The fourth-order valence-electron chi connectivity index (χ4n) is 1.80. The van der Waals surface area contributed by atoms with E-state index in [-0.39, 0.29) is 24.5 Å². The van der Waals surface area contributed by atoms with E-state index in [9.17, 15) is 9.59 Å². The lowest BCUT2D eigenvalue weighted by atomic mass is 10.1. The van der Waals surface area contributed by atoms with Gasteiger partial charge >= 0.3 is 0 Å². The molecule has 0 atom stereocenters. The molecule has 0 heterocycles. The van der Waals surface area contributed by atoms with Crippen LogP contribution < -0.4 is 5.32 Å². The Balaban J connectivity index is 2.94. The van der Waals surface area contributed by atoms with Crippen molar-refractivity contribution in [3.63, 3.8) is 0 Å². The number of nitrogens with zero attached hydrogens (tertiary/aromatic N) is 1. The number of rotatable bonds is 5. The van der Waals surface area contributed by atoms with E-state index in [1.54, 1.807) is 29.2 Å². The predicted molar refractivity (Wildman–Crippen MR) is 74.0 cm³/mol. The Kier molecular flexibility index (Phi) is 5.51. The van der Waals surface area contributed by atoms with Gasteiger partial charge in [-0.05, 0) is 32.0 Å². The van der Waals surface area contributed by atoms with E-state index in [0.717, 1.165) is 0 Å². The molecule has 2 N–H and O–H groups in total. The van der Waals surface area contributed by atoms with Crippen molar-refractivity contribution in [1.82, 2.24) is 4.90 Å². The van der Waals surface area contributed by atoms with E-state index in [1.165, 1.54) is 6.92 Å². The molecule has 0 saturated heterocycles. The number of anilines is 1. The summed E-state index contributed by atoms with van der Waals surface area (Å²) in [5.74, 6) is -0.336. The number of amides is 2. The normalized spacial score (nSPS) is 10.4. The fraction of sp³-hybridized carbons (Fsp3) is 0.429. The second kappa shape index (κ2) is 6.89. The number of carbonyl (C=O) groups excluding carboxylic acids is 2. The molecule has 0 saturated carbocycles. The van der Waals surface area contributed by atoms with Crippen molar-refractivity contribution in [2.24, 2.45) is 0 Å². The lowest BCUT2D eigenvalue weighted by Crippen LogP contribution is -2.39. The van der Waals surface area contributed by atoms with Crippen molar-refractivity contribution in [1.29, 1.82) is 0 Å². The van der Waals surface area contributed by atoms with Crippen molar-refractivity contribution in [2.45, 2.75) is 26.8 Å². The Morgan fingerprint density at radius 1 is 1.37 bits per heavy atom. The Morgan fingerprint density at radius 3 is 2.58 bits per heavy atom. The van der Waals surface area contributed by atoms with Crippen LogP contribution in [0, 0.1) is 0 Å². The quantitative estimate of drug-likeness (QED) is 0.846. The molecule has 0 radical (unpaired) electrons. The van der Waals surface area contributed by atoms with Gasteiger partial charge in [-0.15, -0.1) is 0 Å². The maximum absolute atomic E-state index is 12.3. The highest BCUT2D eigenvalue weighted by atomic mass is 16.3. The highest BCUT2D eigenvalue weighted by Crippen LogP contribution is 2.14. The van der Waals surface area contributed by atoms with E-state index in [0.29, 0.717) is 17.8 Å². The molecule has 0 unspecified atom stereocenters. The molecule has 1 rings (SSSR count). The molecule has 0 aliphatic rings. The van der Waals surface area contributed by atoms with Crippen molar-refractivity contribution < 1.29 is 14.7 Å². The lowest BCUT2D eigenvalue weighted by Gasteiger charge is -2.26. The van der Waals surface area contributed by atoms with Crippen molar-refractivity contribution in [3.8, 4) is 0 Å². The van der Waals surface area contributed by atoms with Crippen LogP contribution >= 0.6 is 0 Å². The number of hydrogen-bond acceptors (Lipinski definition) is 3. The van der Waals surface area contributed by atoms with Crippen LogP contribution in [0.1, 0.15) is 31.1 Å². The first-order chi connectivity index (χ1) is 8.95. The van der Waals surface area contributed by atoms with Crippen LogP contribution in [-0.4, -0.2) is 41.0 Å². The average molecular weight is 264 g/mol. The smallest absolute Gasteiger partial charge is 0.254 e. The zero-order valence-electron chi connectivity index (χ0n) is 11.5. The zero-order valence-corrected chi connectivity index (χ0v) is 11.5.